The first kappa shape index (κ1) is 21.2. The number of benzene rings is 2. The number of hydrogen-bond acceptors (Lipinski definition) is 5. The van der Waals surface area contributed by atoms with Crippen LogP contribution in [0.15, 0.2) is 54.7 Å². The molecule has 1 saturated heterocycles. The summed E-state index contributed by atoms with van der Waals surface area (Å²) in [5.74, 6) is -0.291. The summed E-state index contributed by atoms with van der Waals surface area (Å²) in [6.45, 7) is 2.32. The smallest absolute Gasteiger partial charge is 0.267 e. The van der Waals surface area contributed by atoms with Gasteiger partial charge in [0.25, 0.3) is 11.8 Å². The number of hydrogen-bond donors (Lipinski definition) is 3. The van der Waals surface area contributed by atoms with Gasteiger partial charge in [-0.05, 0) is 48.4 Å². The Morgan fingerprint density at radius 1 is 1.30 bits per heavy atom. The maximum absolute atomic E-state index is 13.0. The molecular weight excluding hydrogens is 420 g/mol. The van der Waals surface area contributed by atoms with E-state index >= 15 is 0 Å². The van der Waals surface area contributed by atoms with Gasteiger partial charge < -0.3 is 14.6 Å². The summed E-state index contributed by atoms with van der Waals surface area (Å²) >= 11 is 0. The number of fused-ring (bicyclic) bond motifs is 2. The van der Waals surface area contributed by atoms with E-state index in [-0.39, 0.29) is 5.91 Å². The van der Waals surface area contributed by atoms with Crippen LogP contribution < -0.4 is 15.5 Å². The standard InChI is InChI=1S/C25H26N4O4/c1-28-14-18(19-5-2-3-6-21(19)28)15-29-12-4-11-25(16-29)26-24(31)20-13-17(7-9-22(20)33-25)8-10-23(30)27-32/h2-3,5-10,13-14,32H,4,11-12,15-16H2,1H3,(H,26,31)(H,27,30). The van der Waals surface area contributed by atoms with E-state index in [0.29, 0.717) is 23.4 Å². The predicted octanol–water partition coefficient (Wildman–Crippen LogP) is 2.81. The summed E-state index contributed by atoms with van der Waals surface area (Å²) in [6.07, 6.45) is 6.54. The third-order valence-electron chi connectivity index (χ3n) is 6.34. The molecule has 2 aromatic carbocycles. The van der Waals surface area contributed by atoms with Gasteiger partial charge in [-0.25, -0.2) is 5.48 Å². The van der Waals surface area contributed by atoms with Gasteiger partial charge in [0.2, 0.25) is 0 Å². The SMILES string of the molecule is Cn1cc(CN2CCCC3(C2)NC(=O)c2cc(C=CC(=O)NO)ccc2O3)c2ccccc21. The molecule has 8 nitrogen and oxygen atoms in total. The molecule has 0 radical (unpaired) electrons. The molecule has 0 aliphatic carbocycles. The van der Waals surface area contributed by atoms with Crippen molar-refractivity contribution in [3.63, 3.8) is 0 Å². The highest BCUT2D eigenvalue weighted by Crippen LogP contribution is 2.34. The summed E-state index contributed by atoms with van der Waals surface area (Å²) in [5, 5.41) is 13.0. The highest BCUT2D eigenvalue weighted by Gasteiger charge is 2.43. The molecule has 2 amide bonds. The number of carbonyl (C=O) groups excluding carboxylic acids is 2. The number of carbonyl (C=O) groups is 2. The second-order valence-electron chi connectivity index (χ2n) is 8.71. The zero-order chi connectivity index (χ0) is 23.0. The van der Waals surface area contributed by atoms with Crippen LogP contribution in [0.1, 0.15) is 34.3 Å². The van der Waals surface area contributed by atoms with Crippen molar-refractivity contribution in [1.82, 2.24) is 20.3 Å². The number of aromatic nitrogens is 1. The number of piperidine rings is 1. The number of nitrogens with one attached hydrogen (secondary N) is 2. The molecule has 3 heterocycles. The lowest BCUT2D eigenvalue weighted by Gasteiger charge is -2.45. The van der Waals surface area contributed by atoms with Crippen LogP contribution in [-0.2, 0) is 18.4 Å². The number of nitrogens with zero attached hydrogens (tertiary/aromatic N) is 2. The topological polar surface area (TPSA) is 95.8 Å². The van der Waals surface area contributed by atoms with Crippen molar-refractivity contribution in [3.05, 3.63) is 71.4 Å². The summed E-state index contributed by atoms with van der Waals surface area (Å²) in [4.78, 5) is 26.5. The zero-order valence-corrected chi connectivity index (χ0v) is 18.4. The van der Waals surface area contributed by atoms with Crippen molar-refractivity contribution in [1.29, 1.82) is 0 Å². The number of aryl methyl sites for hydroxylation is 1. The van der Waals surface area contributed by atoms with Gasteiger partial charge in [-0.2, -0.15) is 0 Å². The van der Waals surface area contributed by atoms with Crippen molar-refractivity contribution >= 4 is 28.8 Å². The van der Waals surface area contributed by atoms with E-state index in [1.54, 1.807) is 23.7 Å². The fraction of sp³-hybridized carbons (Fsp3) is 0.280. The minimum atomic E-state index is -0.763. The Hall–Kier alpha value is -3.62. The fourth-order valence-corrected chi connectivity index (χ4v) is 4.86. The molecule has 3 N–H and O–H groups in total. The second-order valence-corrected chi connectivity index (χ2v) is 8.71. The van der Waals surface area contributed by atoms with Crippen LogP contribution in [0.3, 0.4) is 0 Å². The molecule has 3 aromatic rings. The average molecular weight is 447 g/mol. The highest BCUT2D eigenvalue weighted by atomic mass is 16.5. The maximum atomic E-state index is 13.0. The van der Waals surface area contributed by atoms with Crippen LogP contribution in [0, 0.1) is 0 Å². The van der Waals surface area contributed by atoms with E-state index in [1.807, 2.05) is 6.07 Å². The van der Waals surface area contributed by atoms with Crippen LogP contribution in [0.25, 0.3) is 17.0 Å². The van der Waals surface area contributed by atoms with Gasteiger partial charge in [0.05, 0.1) is 12.1 Å². The van der Waals surface area contributed by atoms with E-state index in [4.69, 9.17) is 9.94 Å². The molecule has 2 aliphatic heterocycles. The van der Waals surface area contributed by atoms with Gasteiger partial charge in [0.15, 0.2) is 5.72 Å². The van der Waals surface area contributed by atoms with E-state index < -0.39 is 11.6 Å². The summed E-state index contributed by atoms with van der Waals surface area (Å²) < 4.78 is 8.52. The van der Waals surface area contributed by atoms with Crippen LogP contribution >= 0.6 is 0 Å². The predicted molar refractivity (Wildman–Crippen MR) is 124 cm³/mol. The molecule has 8 heteroatoms. The van der Waals surface area contributed by atoms with Gasteiger partial charge in [0.1, 0.15) is 5.75 Å². The third kappa shape index (κ3) is 4.10. The van der Waals surface area contributed by atoms with Crippen LogP contribution in [0.2, 0.25) is 0 Å². The molecule has 170 valence electrons. The summed E-state index contributed by atoms with van der Waals surface area (Å²) in [5.41, 5.74) is 4.33. The van der Waals surface area contributed by atoms with E-state index in [1.165, 1.54) is 28.6 Å². The Morgan fingerprint density at radius 3 is 3.00 bits per heavy atom. The molecular formula is C25H26N4O4. The van der Waals surface area contributed by atoms with Gasteiger partial charge in [-0.1, -0.05) is 24.3 Å². The van der Waals surface area contributed by atoms with Crippen LogP contribution in [-0.4, -0.2) is 45.3 Å². The van der Waals surface area contributed by atoms with Crippen molar-refractivity contribution in [3.8, 4) is 5.75 Å². The first-order valence-electron chi connectivity index (χ1n) is 11.0. The third-order valence-corrected chi connectivity index (χ3v) is 6.34. The van der Waals surface area contributed by atoms with Crippen LogP contribution in [0.5, 0.6) is 5.75 Å². The minimum absolute atomic E-state index is 0.190. The Bertz CT molecular complexity index is 1260. The molecule has 0 saturated carbocycles. The van der Waals surface area contributed by atoms with Crippen molar-refractivity contribution in [2.45, 2.75) is 25.1 Å². The summed E-state index contributed by atoms with van der Waals surface area (Å²) in [7, 11) is 2.06. The van der Waals surface area contributed by atoms with Crippen molar-refractivity contribution < 1.29 is 19.5 Å². The zero-order valence-electron chi connectivity index (χ0n) is 18.4. The number of para-hydroxylation sites is 1. The minimum Gasteiger partial charge on any atom is -0.466 e. The lowest BCUT2D eigenvalue weighted by molar-refractivity contribution is -0.124. The van der Waals surface area contributed by atoms with Crippen LogP contribution in [0.4, 0.5) is 0 Å². The molecule has 2 aliphatic rings. The number of ether oxygens (including phenoxy) is 1. The molecule has 5 rings (SSSR count). The number of likely N-dealkylation sites (tertiary alicyclic amines) is 1. The van der Waals surface area contributed by atoms with Crippen molar-refractivity contribution in [2.75, 3.05) is 13.1 Å². The largest absolute Gasteiger partial charge is 0.466 e. The Kier molecular flexibility index (Phi) is 5.39. The number of rotatable bonds is 4. The molecule has 0 bridgehead atoms. The van der Waals surface area contributed by atoms with Gasteiger partial charge in [0, 0.05) is 43.2 Å². The normalized spacial score (nSPS) is 20.6. The lowest BCUT2D eigenvalue weighted by Crippen LogP contribution is -2.63. The van der Waals surface area contributed by atoms with E-state index in [9.17, 15) is 9.59 Å². The Labute approximate surface area is 191 Å². The van der Waals surface area contributed by atoms with Gasteiger partial charge >= 0.3 is 0 Å². The molecule has 1 spiro atoms. The van der Waals surface area contributed by atoms with Gasteiger partial charge in [-0.15, -0.1) is 0 Å². The molecule has 1 fully saturated rings. The monoisotopic (exact) mass is 446 g/mol. The Balaban J connectivity index is 1.35. The summed E-state index contributed by atoms with van der Waals surface area (Å²) in [6, 6.07) is 13.6. The Morgan fingerprint density at radius 2 is 2.15 bits per heavy atom. The molecule has 1 aromatic heterocycles. The van der Waals surface area contributed by atoms with Gasteiger partial charge in [-0.3, -0.25) is 19.7 Å². The van der Waals surface area contributed by atoms with E-state index in [2.05, 4.69) is 46.2 Å². The molecule has 1 unspecified atom stereocenters. The lowest BCUT2D eigenvalue weighted by atomic mass is 9.96. The molecule has 33 heavy (non-hydrogen) atoms. The highest BCUT2D eigenvalue weighted by molar-refractivity contribution is 5.99. The maximum Gasteiger partial charge on any atom is 0.267 e. The number of hydroxylamine groups is 1. The molecule has 1 atom stereocenters. The first-order valence-corrected chi connectivity index (χ1v) is 11.0. The average Bonchev–Trinajstić information content (AvgIpc) is 3.13. The fourth-order valence-electron chi connectivity index (χ4n) is 4.86. The van der Waals surface area contributed by atoms with Crippen molar-refractivity contribution in [2.24, 2.45) is 7.05 Å². The second kappa shape index (κ2) is 8.38. The first-order chi connectivity index (χ1) is 16.0. The number of amides is 2. The van der Waals surface area contributed by atoms with E-state index in [0.717, 1.165) is 25.9 Å². The quantitative estimate of drug-likeness (QED) is 0.325.